The average Bonchev–Trinajstić information content (AvgIpc) is 2.71. The third-order valence-electron chi connectivity index (χ3n) is 4.31. The van der Waals surface area contributed by atoms with Crippen LogP contribution in [0.3, 0.4) is 0 Å². The third kappa shape index (κ3) is 6.88. The van der Waals surface area contributed by atoms with Crippen molar-refractivity contribution in [1.29, 1.82) is 0 Å². The first-order chi connectivity index (χ1) is 14.1. The fourth-order valence-corrected chi connectivity index (χ4v) is 2.84. The molecule has 0 unspecified atom stereocenters. The molecule has 2 aromatic heterocycles. The third-order valence-corrected chi connectivity index (χ3v) is 4.31. The molecule has 0 fully saturated rings. The number of rotatable bonds is 9. The summed E-state index contributed by atoms with van der Waals surface area (Å²) in [6.07, 6.45) is 2.98. The minimum atomic E-state index is 0.0459. The molecule has 1 amide bonds. The van der Waals surface area contributed by atoms with Gasteiger partial charge in [0.05, 0.1) is 0 Å². The average molecular weight is 390 g/mol. The van der Waals surface area contributed by atoms with Crippen LogP contribution in [0.4, 0.5) is 17.5 Å². The molecular formula is C22H26N6O. The fourth-order valence-electron chi connectivity index (χ4n) is 2.84. The van der Waals surface area contributed by atoms with E-state index in [1.807, 2.05) is 43.3 Å². The second-order valence-electron chi connectivity index (χ2n) is 6.91. The van der Waals surface area contributed by atoms with E-state index in [1.165, 1.54) is 11.1 Å². The van der Waals surface area contributed by atoms with Crippen LogP contribution in [0.25, 0.3) is 0 Å². The summed E-state index contributed by atoms with van der Waals surface area (Å²) in [6, 6.07) is 15.8. The maximum absolute atomic E-state index is 12.0. The lowest BCUT2D eigenvalue weighted by molar-refractivity contribution is -0.120. The minimum Gasteiger partial charge on any atom is -0.367 e. The zero-order valence-corrected chi connectivity index (χ0v) is 16.8. The summed E-state index contributed by atoms with van der Waals surface area (Å²) in [7, 11) is 0. The summed E-state index contributed by atoms with van der Waals surface area (Å²) in [5, 5.41) is 17.5. The number of benzene rings is 1. The summed E-state index contributed by atoms with van der Waals surface area (Å²) in [6.45, 7) is 5.17. The van der Waals surface area contributed by atoms with Crippen molar-refractivity contribution in [1.82, 2.24) is 20.5 Å². The molecule has 3 N–H and O–H groups in total. The Morgan fingerprint density at radius 3 is 2.45 bits per heavy atom. The van der Waals surface area contributed by atoms with Gasteiger partial charge < -0.3 is 16.0 Å². The van der Waals surface area contributed by atoms with Gasteiger partial charge in [0.1, 0.15) is 11.6 Å². The predicted octanol–water partition coefficient (Wildman–Crippen LogP) is 3.39. The molecule has 0 bridgehead atoms. The highest BCUT2D eigenvalue weighted by atomic mass is 16.1. The molecule has 0 saturated carbocycles. The van der Waals surface area contributed by atoms with Crippen LogP contribution in [0.5, 0.6) is 0 Å². The Balaban J connectivity index is 1.35. The Labute approximate surface area is 171 Å². The van der Waals surface area contributed by atoms with Crippen molar-refractivity contribution in [2.75, 3.05) is 23.7 Å². The van der Waals surface area contributed by atoms with Gasteiger partial charge in [0, 0.05) is 25.7 Å². The molecule has 0 atom stereocenters. The van der Waals surface area contributed by atoms with Crippen LogP contribution in [0, 0.1) is 13.8 Å². The Morgan fingerprint density at radius 2 is 1.69 bits per heavy atom. The van der Waals surface area contributed by atoms with Gasteiger partial charge in [-0.05, 0) is 55.7 Å². The van der Waals surface area contributed by atoms with E-state index >= 15 is 0 Å². The largest absolute Gasteiger partial charge is 0.367 e. The summed E-state index contributed by atoms with van der Waals surface area (Å²) in [5.74, 6) is 2.05. The van der Waals surface area contributed by atoms with Crippen molar-refractivity contribution < 1.29 is 4.79 Å². The molecule has 150 valence electrons. The molecule has 3 aromatic rings. The molecule has 0 aliphatic heterocycles. The van der Waals surface area contributed by atoms with Gasteiger partial charge in [0.15, 0.2) is 5.82 Å². The van der Waals surface area contributed by atoms with E-state index in [1.54, 1.807) is 6.20 Å². The molecule has 1 aromatic carbocycles. The molecule has 7 heteroatoms. The molecule has 0 aliphatic rings. The number of nitrogens with zero attached hydrogens (tertiary/aromatic N) is 3. The number of hydrogen-bond donors (Lipinski definition) is 3. The van der Waals surface area contributed by atoms with Gasteiger partial charge in [0.25, 0.3) is 0 Å². The molecule has 7 nitrogen and oxygen atoms in total. The van der Waals surface area contributed by atoms with Crippen LogP contribution in [0.2, 0.25) is 0 Å². The number of carbonyl (C=O) groups is 1. The Hall–Kier alpha value is -3.48. The van der Waals surface area contributed by atoms with E-state index in [0.29, 0.717) is 31.1 Å². The topological polar surface area (TPSA) is 91.8 Å². The number of pyridine rings is 1. The van der Waals surface area contributed by atoms with Crippen LogP contribution in [-0.2, 0) is 11.2 Å². The summed E-state index contributed by atoms with van der Waals surface area (Å²) in [4.78, 5) is 16.2. The van der Waals surface area contributed by atoms with Gasteiger partial charge in [-0.3, -0.25) is 4.79 Å². The van der Waals surface area contributed by atoms with Gasteiger partial charge in [-0.25, -0.2) is 4.98 Å². The number of anilines is 3. The Kier molecular flexibility index (Phi) is 7.10. The minimum absolute atomic E-state index is 0.0459. The van der Waals surface area contributed by atoms with Crippen molar-refractivity contribution in [3.63, 3.8) is 0 Å². The van der Waals surface area contributed by atoms with Crippen LogP contribution >= 0.6 is 0 Å². The molecule has 29 heavy (non-hydrogen) atoms. The van der Waals surface area contributed by atoms with Crippen molar-refractivity contribution >= 4 is 23.4 Å². The second kappa shape index (κ2) is 10.2. The number of hydrogen-bond acceptors (Lipinski definition) is 6. The normalized spacial score (nSPS) is 10.4. The summed E-state index contributed by atoms with van der Waals surface area (Å²) < 4.78 is 0. The summed E-state index contributed by atoms with van der Waals surface area (Å²) >= 11 is 0. The second-order valence-corrected chi connectivity index (χ2v) is 6.91. The standard InChI is InChI=1S/C22H26N6O/c1-16-4-3-5-18(14-16)6-9-22(29)25-13-12-24-19-7-8-20(28-27-19)26-21-15-17(2)10-11-23-21/h3-5,7-8,10-11,14-15H,6,9,12-13H2,1-2H3,(H,24,27)(H,25,29)(H,23,26,28). The number of nitrogens with one attached hydrogen (secondary N) is 3. The number of carbonyl (C=O) groups excluding carboxylic acids is 1. The SMILES string of the molecule is Cc1cccc(CCC(=O)NCCNc2ccc(Nc3cc(C)ccn3)nn2)c1. The monoisotopic (exact) mass is 390 g/mol. The van der Waals surface area contributed by atoms with E-state index in [4.69, 9.17) is 0 Å². The highest BCUT2D eigenvalue weighted by molar-refractivity contribution is 5.76. The van der Waals surface area contributed by atoms with E-state index in [-0.39, 0.29) is 5.91 Å². The van der Waals surface area contributed by atoms with Crippen LogP contribution in [0.1, 0.15) is 23.1 Å². The van der Waals surface area contributed by atoms with Gasteiger partial charge >= 0.3 is 0 Å². The number of amides is 1. The molecule has 2 heterocycles. The van der Waals surface area contributed by atoms with E-state index in [9.17, 15) is 4.79 Å². The lowest BCUT2D eigenvalue weighted by Gasteiger charge is -2.08. The van der Waals surface area contributed by atoms with Crippen molar-refractivity contribution in [2.45, 2.75) is 26.7 Å². The fraction of sp³-hybridized carbons (Fsp3) is 0.273. The van der Waals surface area contributed by atoms with Gasteiger partial charge in [0.2, 0.25) is 5.91 Å². The van der Waals surface area contributed by atoms with Crippen molar-refractivity contribution in [2.24, 2.45) is 0 Å². The van der Waals surface area contributed by atoms with Crippen molar-refractivity contribution in [3.8, 4) is 0 Å². The first-order valence-corrected chi connectivity index (χ1v) is 9.68. The predicted molar refractivity (Wildman–Crippen MR) is 115 cm³/mol. The maximum atomic E-state index is 12.0. The molecule has 0 saturated heterocycles. The molecule has 0 spiro atoms. The summed E-state index contributed by atoms with van der Waals surface area (Å²) in [5.41, 5.74) is 3.52. The smallest absolute Gasteiger partial charge is 0.220 e. The van der Waals surface area contributed by atoms with E-state index in [0.717, 1.165) is 17.8 Å². The van der Waals surface area contributed by atoms with Crippen LogP contribution in [-0.4, -0.2) is 34.2 Å². The van der Waals surface area contributed by atoms with Crippen LogP contribution in [0.15, 0.2) is 54.7 Å². The zero-order valence-electron chi connectivity index (χ0n) is 16.8. The highest BCUT2D eigenvalue weighted by Crippen LogP contribution is 2.13. The first kappa shape index (κ1) is 20.3. The zero-order chi connectivity index (χ0) is 20.5. The Morgan fingerprint density at radius 1 is 0.897 bits per heavy atom. The molecular weight excluding hydrogens is 364 g/mol. The van der Waals surface area contributed by atoms with Gasteiger partial charge in [-0.1, -0.05) is 29.8 Å². The first-order valence-electron chi connectivity index (χ1n) is 9.68. The van der Waals surface area contributed by atoms with E-state index < -0.39 is 0 Å². The number of aryl methyl sites for hydroxylation is 3. The lowest BCUT2D eigenvalue weighted by atomic mass is 10.1. The Bertz CT molecular complexity index is 942. The van der Waals surface area contributed by atoms with Gasteiger partial charge in [-0.2, -0.15) is 0 Å². The number of aromatic nitrogens is 3. The van der Waals surface area contributed by atoms with Crippen molar-refractivity contribution in [3.05, 3.63) is 71.4 Å². The highest BCUT2D eigenvalue weighted by Gasteiger charge is 2.03. The van der Waals surface area contributed by atoms with Crippen LogP contribution < -0.4 is 16.0 Å². The quantitative estimate of drug-likeness (QED) is 0.485. The van der Waals surface area contributed by atoms with Gasteiger partial charge in [-0.15, -0.1) is 10.2 Å². The molecule has 0 radical (unpaired) electrons. The molecule has 0 aliphatic carbocycles. The molecule has 3 rings (SSSR count). The lowest BCUT2D eigenvalue weighted by Crippen LogP contribution is -2.29. The maximum Gasteiger partial charge on any atom is 0.220 e. The van der Waals surface area contributed by atoms with E-state index in [2.05, 4.69) is 50.2 Å².